The smallest absolute Gasteiger partial charge is 0.262 e. The maximum atomic E-state index is 13.2. The van der Waals surface area contributed by atoms with E-state index in [9.17, 15) is 4.79 Å². The summed E-state index contributed by atoms with van der Waals surface area (Å²) in [5, 5.41) is 5.55. The van der Waals surface area contributed by atoms with Gasteiger partial charge in [0.05, 0.1) is 17.6 Å². The van der Waals surface area contributed by atoms with E-state index >= 15 is 0 Å². The molecule has 0 radical (unpaired) electrons. The van der Waals surface area contributed by atoms with Crippen molar-refractivity contribution in [3.8, 4) is 0 Å². The van der Waals surface area contributed by atoms with E-state index in [-0.39, 0.29) is 5.56 Å². The number of benzene rings is 1. The Hall–Kier alpha value is -1.99. The van der Waals surface area contributed by atoms with E-state index in [1.807, 2.05) is 33.3 Å². The average Bonchev–Trinajstić information content (AvgIpc) is 3.46. The molecule has 0 unspecified atom stereocenters. The summed E-state index contributed by atoms with van der Waals surface area (Å²) in [4.78, 5) is 15.7. The molecule has 156 valence electrons. The van der Waals surface area contributed by atoms with Gasteiger partial charge in [0.2, 0.25) is 10.5 Å². The number of para-hydroxylation sites is 1. The van der Waals surface area contributed by atoms with Crippen molar-refractivity contribution in [2.75, 3.05) is 6.54 Å². The van der Waals surface area contributed by atoms with E-state index < -0.39 is 0 Å². The summed E-state index contributed by atoms with van der Waals surface area (Å²) in [5.74, 6) is 1.75. The first kappa shape index (κ1) is 20.3. The molecule has 0 N–H and O–H groups in total. The summed E-state index contributed by atoms with van der Waals surface area (Å²) in [6, 6.07) is 8.34. The highest BCUT2D eigenvalue weighted by atomic mass is 32.1. The Morgan fingerprint density at radius 1 is 1.17 bits per heavy atom. The highest BCUT2D eigenvalue weighted by Crippen LogP contribution is 2.28. The average molecular weight is 414 g/mol. The molecule has 1 fully saturated rings. The van der Waals surface area contributed by atoms with Crippen molar-refractivity contribution in [2.45, 2.75) is 66.2 Å². The van der Waals surface area contributed by atoms with Crippen molar-refractivity contribution in [3.63, 3.8) is 0 Å². The van der Waals surface area contributed by atoms with Crippen LogP contribution in [0.25, 0.3) is 16.7 Å². The predicted molar refractivity (Wildman–Crippen MR) is 120 cm³/mol. The molecule has 0 spiro atoms. The van der Waals surface area contributed by atoms with Crippen LogP contribution in [0.3, 0.4) is 0 Å². The van der Waals surface area contributed by atoms with Gasteiger partial charge in [0.15, 0.2) is 0 Å². The van der Waals surface area contributed by atoms with Gasteiger partial charge < -0.3 is 0 Å². The van der Waals surface area contributed by atoms with Gasteiger partial charge in [-0.15, -0.1) is 5.10 Å². The maximum Gasteiger partial charge on any atom is 0.262 e. The largest absolute Gasteiger partial charge is 0.281 e. The molecule has 7 heteroatoms. The Kier molecular flexibility index (Phi) is 5.62. The minimum absolute atomic E-state index is 0.0159. The van der Waals surface area contributed by atoms with Gasteiger partial charge in [0, 0.05) is 19.1 Å². The number of nitrogens with zero attached hydrogens (tertiary/aromatic N) is 5. The zero-order valence-electron chi connectivity index (χ0n) is 17.8. The lowest BCUT2D eigenvalue weighted by atomic mass is 10.1. The Labute approximate surface area is 176 Å². The highest BCUT2D eigenvalue weighted by molar-refractivity contribution is 7.71. The molecule has 1 aliphatic rings. The van der Waals surface area contributed by atoms with E-state index in [1.165, 1.54) is 12.8 Å². The fourth-order valence-corrected chi connectivity index (χ4v) is 4.23. The minimum Gasteiger partial charge on any atom is -0.281 e. The van der Waals surface area contributed by atoms with Crippen LogP contribution in [0.5, 0.6) is 0 Å². The number of aromatic nitrogens is 4. The topological polar surface area (TPSA) is 47.5 Å². The van der Waals surface area contributed by atoms with Crippen molar-refractivity contribution < 1.29 is 0 Å². The van der Waals surface area contributed by atoms with E-state index in [1.54, 1.807) is 4.57 Å². The third-order valence-corrected chi connectivity index (χ3v) is 5.99. The predicted octanol–water partition coefficient (Wildman–Crippen LogP) is 4.30. The van der Waals surface area contributed by atoms with Crippen molar-refractivity contribution >= 4 is 28.9 Å². The molecule has 6 nitrogen and oxygen atoms in total. The van der Waals surface area contributed by atoms with Gasteiger partial charge >= 0.3 is 0 Å². The quantitative estimate of drug-likeness (QED) is 0.517. The second-order valence-corrected chi connectivity index (χ2v) is 9.48. The molecule has 1 aliphatic carbocycles. The zero-order valence-corrected chi connectivity index (χ0v) is 18.7. The molecule has 2 heterocycles. The summed E-state index contributed by atoms with van der Waals surface area (Å²) in [5.41, 5.74) is 0.855. The lowest BCUT2D eigenvalue weighted by Gasteiger charge is -2.23. The van der Waals surface area contributed by atoms with Gasteiger partial charge in [0.1, 0.15) is 0 Å². The normalized spacial score (nSPS) is 14.9. The molecule has 1 saturated carbocycles. The van der Waals surface area contributed by atoms with Gasteiger partial charge in [-0.25, -0.2) is 4.68 Å². The zero-order chi connectivity index (χ0) is 20.7. The minimum atomic E-state index is 0.0159. The van der Waals surface area contributed by atoms with Crippen LogP contribution in [0.4, 0.5) is 0 Å². The Morgan fingerprint density at radius 3 is 2.55 bits per heavy atom. The second kappa shape index (κ2) is 8.03. The van der Waals surface area contributed by atoms with Gasteiger partial charge in [-0.2, -0.15) is 0 Å². The van der Waals surface area contributed by atoms with Crippen molar-refractivity contribution in [1.82, 2.24) is 23.6 Å². The highest BCUT2D eigenvalue weighted by Gasteiger charge is 2.30. The first-order valence-electron chi connectivity index (χ1n) is 10.7. The van der Waals surface area contributed by atoms with E-state index in [0.717, 1.165) is 18.5 Å². The van der Waals surface area contributed by atoms with Crippen LogP contribution in [-0.2, 0) is 13.2 Å². The molecule has 2 aromatic heterocycles. The summed E-state index contributed by atoms with van der Waals surface area (Å²) in [6.45, 7) is 11.2. The molecule has 0 saturated heterocycles. The van der Waals surface area contributed by atoms with Crippen LogP contribution >= 0.6 is 12.2 Å². The third kappa shape index (κ3) is 4.03. The molecule has 0 aliphatic heterocycles. The van der Waals surface area contributed by atoms with Gasteiger partial charge in [-0.3, -0.25) is 18.7 Å². The summed E-state index contributed by atoms with van der Waals surface area (Å²) < 4.78 is 6.35. The van der Waals surface area contributed by atoms with Crippen LogP contribution in [-0.4, -0.2) is 36.2 Å². The van der Waals surface area contributed by atoms with Crippen LogP contribution in [0, 0.1) is 16.6 Å². The van der Waals surface area contributed by atoms with Gasteiger partial charge in [0.25, 0.3) is 5.56 Å². The molecular weight excluding hydrogens is 382 g/mol. The molecule has 0 atom stereocenters. The van der Waals surface area contributed by atoms with Crippen molar-refractivity contribution in [3.05, 3.63) is 39.4 Å². The van der Waals surface area contributed by atoms with Crippen LogP contribution in [0.1, 0.15) is 47.0 Å². The molecule has 1 aromatic carbocycles. The van der Waals surface area contributed by atoms with Crippen LogP contribution in [0.15, 0.2) is 29.1 Å². The molecule has 4 rings (SSSR count). The number of rotatable bonds is 8. The summed E-state index contributed by atoms with van der Waals surface area (Å²) in [7, 11) is 0. The lowest BCUT2D eigenvalue weighted by Crippen LogP contribution is -2.32. The molecule has 29 heavy (non-hydrogen) atoms. The van der Waals surface area contributed by atoms with E-state index in [0.29, 0.717) is 47.0 Å². The standard InChI is InChI=1S/C22H31N5OS/c1-15(2)11-12-25-20(28)18-7-5-6-8-19(18)27-21(25)23-26(22(27)29)14-24(13-16(3)4)17-9-10-17/h5-8,15-17H,9-14H2,1-4H3. The van der Waals surface area contributed by atoms with Gasteiger partial charge in [-0.1, -0.05) is 39.8 Å². The SMILES string of the molecule is CC(C)CCn1c(=O)c2ccccc2n2c(=S)n(CN(CC(C)C)C3CC3)nc12. The van der Waals surface area contributed by atoms with Crippen LogP contribution < -0.4 is 5.56 Å². The summed E-state index contributed by atoms with van der Waals surface area (Å²) in [6.07, 6.45) is 3.42. The first-order valence-corrected chi connectivity index (χ1v) is 11.1. The monoisotopic (exact) mass is 413 g/mol. The van der Waals surface area contributed by atoms with E-state index in [2.05, 4.69) is 32.6 Å². The number of aryl methyl sites for hydroxylation is 1. The van der Waals surface area contributed by atoms with Crippen molar-refractivity contribution in [1.29, 1.82) is 0 Å². The summed E-state index contributed by atoms with van der Waals surface area (Å²) >= 11 is 5.85. The fourth-order valence-electron chi connectivity index (χ4n) is 3.95. The number of hydrogen-bond donors (Lipinski definition) is 0. The maximum absolute atomic E-state index is 13.2. The Bertz CT molecular complexity index is 1140. The Balaban J connectivity index is 1.86. The van der Waals surface area contributed by atoms with Crippen molar-refractivity contribution in [2.24, 2.45) is 11.8 Å². The molecule has 0 bridgehead atoms. The third-order valence-electron chi connectivity index (χ3n) is 5.59. The second-order valence-electron chi connectivity index (χ2n) is 9.11. The molecule has 3 aromatic rings. The Morgan fingerprint density at radius 2 is 1.90 bits per heavy atom. The molecule has 0 amide bonds. The molecular formula is C22H31N5OS. The lowest BCUT2D eigenvalue weighted by molar-refractivity contribution is 0.174. The van der Waals surface area contributed by atoms with Crippen LogP contribution in [0.2, 0.25) is 0 Å². The number of hydrogen-bond acceptors (Lipinski definition) is 4. The number of fused-ring (bicyclic) bond motifs is 3. The van der Waals surface area contributed by atoms with Gasteiger partial charge in [-0.05, 0) is 55.4 Å². The first-order chi connectivity index (χ1) is 13.9. The van der Waals surface area contributed by atoms with E-state index in [4.69, 9.17) is 17.3 Å². The fraction of sp³-hybridized carbons (Fsp3) is 0.591.